The van der Waals surface area contributed by atoms with Crippen molar-refractivity contribution in [2.75, 3.05) is 10.6 Å². The molecule has 12 heteroatoms. The standard InChI is InChI=1S/C24H14Cl2F2N8/c25-14-3-1-12(2-4-14)22(20-11-32-36-35-20)33-15-5-17-21(34-16-7-19(27)24(28)31-10-16)13(8-29)9-30-23(17)18(26)6-15/h1-7,9-11,22,33H,(H,30,34)(H,32,35,36)/t22-/m1/s1/i22D. The fraction of sp³-hybridized carbons (Fsp3) is 0.0417. The van der Waals surface area contributed by atoms with Crippen molar-refractivity contribution >= 4 is 51.2 Å². The zero-order chi connectivity index (χ0) is 26.2. The van der Waals surface area contributed by atoms with Crippen molar-refractivity contribution in [3.05, 3.63) is 99.7 Å². The molecule has 5 rings (SSSR count). The van der Waals surface area contributed by atoms with Crippen LogP contribution < -0.4 is 10.6 Å². The Hall–Kier alpha value is -4.33. The Morgan fingerprint density at radius 2 is 1.83 bits per heavy atom. The molecule has 3 heterocycles. The smallest absolute Gasteiger partial charge is 0.249 e. The van der Waals surface area contributed by atoms with Gasteiger partial charge < -0.3 is 10.6 Å². The first-order valence-electron chi connectivity index (χ1n) is 10.8. The van der Waals surface area contributed by atoms with E-state index in [1.165, 1.54) is 12.4 Å². The predicted molar refractivity (Wildman–Crippen MR) is 132 cm³/mol. The Morgan fingerprint density at radius 3 is 2.53 bits per heavy atom. The summed E-state index contributed by atoms with van der Waals surface area (Å²) in [6.07, 6.45) is 3.82. The molecule has 0 aliphatic rings. The molecule has 0 amide bonds. The van der Waals surface area contributed by atoms with Gasteiger partial charge in [0.15, 0.2) is 5.82 Å². The SMILES string of the molecule is [2H][C@@](Nc1cc(Cl)c2ncc(C#N)c(Nc3cnc(F)c(F)c3)c2c1)(c1ccc(Cl)cc1)c1cn[nH]n1. The van der Waals surface area contributed by atoms with Gasteiger partial charge in [0.25, 0.3) is 0 Å². The van der Waals surface area contributed by atoms with Crippen LogP contribution in [0.3, 0.4) is 0 Å². The van der Waals surface area contributed by atoms with Crippen LogP contribution in [-0.2, 0) is 0 Å². The number of anilines is 3. The van der Waals surface area contributed by atoms with Gasteiger partial charge in [0.2, 0.25) is 5.95 Å². The van der Waals surface area contributed by atoms with E-state index in [-0.39, 0.29) is 27.7 Å². The Kier molecular flexibility index (Phi) is 5.99. The minimum atomic E-state index is -1.62. The van der Waals surface area contributed by atoms with Crippen molar-refractivity contribution in [1.82, 2.24) is 25.4 Å². The van der Waals surface area contributed by atoms with Crippen LogP contribution in [-0.4, -0.2) is 25.4 Å². The van der Waals surface area contributed by atoms with E-state index in [1.807, 2.05) is 6.07 Å². The van der Waals surface area contributed by atoms with E-state index in [4.69, 9.17) is 23.2 Å². The first-order chi connectivity index (χ1) is 17.8. The fourth-order valence-electron chi connectivity index (χ4n) is 3.55. The molecule has 36 heavy (non-hydrogen) atoms. The molecule has 3 aromatic heterocycles. The van der Waals surface area contributed by atoms with Crippen LogP contribution in [0.2, 0.25) is 10.0 Å². The van der Waals surface area contributed by atoms with Crippen LogP contribution in [0.25, 0.3) is 10.9 Å². The van der Waals surface area contributed by atoms with Crippen LogP contribution in [0.4, 0.5) is 25.8 Å². The normalized spacial score (nSPS) is 13.0. The predicted octanol–water partition coefficient (Wildman–Crippen LogP) is 6.15. The summed E-state index contributed by atoms with van der Waals surface area (Å²) in [4.78, 5) is 7.65. The minimum Gasteiger partial charge on any atom is -0.373 e. The summed E-state index contributed by atoms with van der Waals surface area (Å²) < 4.78 is 36.4. The van der Waals surface area contributed by atoms with E-state index < -0.39 is 17.8 Å². The summed E-state index contributed by atoms with van der Waals surface area (Å²) in [6.45, 7) is 0. The number of fused-ring (bicyclic) bond motifs is 1. The molecule has 178 valence electrons. The summed E-state index contributed by atoms with van der Waals surface area (Å²) in [6, 6.07) is 11.2. The molecule has 0 saturated heterocycles. The van der Waals surface area contributed by atoms with E-state index in [2.05, 4.69) is 36.0 Å². The number of nitrogens with zero attached hydrogens (tertiary/aromatic N) is 5. The number of hydrogen-bond donors (Lipinski definition) is 3. The highest BCUT2D eigenvalue weighted by Gasteiger charge is 2.19. The second kappa shape index (κ2) is 9.73. The molecule has 8 nitrogen and oxygen atoms in total. The summed E-state index contributed by atoms with van der Waals surface area (Å²) in [5.74, 6) is -2.40. The Bertz CT molecular complexity index is 1660. The highest BCUT2D eigenvalue weighted by Crippen LogP contribution is 2.36. The molecule has 1 atom stereocenters. The molecule has 3 N–H and O–H groups in total. The molecular formula is C24H14Cl2F2N8. The zero-order valence-electron chi connectivity index (χ0n) is 19.0. The summed E-state index contributed by atoms with van der Waals surface area (Å²) in [5.41, 5.74) is 1.97. The van der Waals surface area contributed by atoms with Crippen molar-refractivity contribution in [1.29, 1.82) is 5.26 Å². The summed E-state index contributed by atoms with van der Waals surface area (Å²) in [5, 5.41) is 27.3. The van der Waals surface area contributed by atoms with Gasteiger partial charge in [-0.05, 0) is 29.8 Å². The Morgan fingerprint density at radius 1 is 1.03 bits per heavy atom. The van der Waals surface area contributed by atoms with Crippen molar-refractivity contribution in [3.8, 4) is 6.07 Å². The number of benzene rings is 2. The summed E-state index contributed by atoms with van der Waals surface area (Å²) in [7, 11) is 0. The van der Waals surface area contributed by atoms with E-state index >= 15 is 0 Å². The first kappa shape index (κ1) is 22.2. The van der Waals surface area contributed by atoms with Gasteiger partial charge in [0, 0.05) is 28.4 Å². The number of hydrogen-bond acceptors (Lipinski definition) is 7. The topological polar surface area (TPSA) is 115 Å². The van der Waals surface area contributed by atoms with Crippen LogP contribution >= 0.6 is 23.2 Å². The number of halogens is 4. The third-order valence-corrected chi connectivity index (χ3v) is 5.72. The molecule has 0 radical (unpaired) electrons. The lowest BCUT2D eigenvalue weighted by molar-refractivity contribution is 0.480. The van der Waals surface area contributed by atoms with Crippen molar-refractivity contribution < 1.29 is 10.2 Å². The molecule has 0 saturated carbocycles. The largest absolute Gasteiger partial charge is 0.373 e. The van der Waals surface area contributed by atoms with Crippen LogP contribution in [0.5, 0.6) is 0 Å². The van der Waals surface area contributed by atoms with Gasteiger partial charge in [-0.15, -0.1) is 0 Å². The lowest BCUT2D eigenvalue weighted by Crippen LogP contribution is -2.13. The molecule has 0 aliphatic heterocycles. The number of pyridine rings is 2. The molecule has 0 bridgehead atoms. The maximum atomic E-state index is 13.8. The minimum absolute atomic E-state index is 0.107. The van der Waals surface area contributed by atoms with Gasteiger partial charge in [0.05, 0.1) is 47.3 Å². The molecule has 0 fully saturated rings. The van der Waals surface area contributed by atoms with E-state index in [9.17, 15) is 15.4 Å². The number of nitrogens with one attached hydrogen (secondary N) is 3. The van der Waals surface area contributed by atoms with Crippen molar-refractivity contribution in [2.24, 2.45) is 0 Å². The number of rotatable bonds is 6. The van der Waals surface area contributed by atoms with Crippen molar-refractivity contribution in [3.63, 3.8) is 0 Å². The van der Waals surface area contributed by atoms with Crippen LogP contribution in [0.1, 0.15) is 24.2 Å². The maximum Gasteiger partial charge on any atom is 0.249 e. The van der Waals surface area contributed by atoms with E-state index in [0.717, 1.165) is 12.3 Å². The quantitative estimate of drug-likeness (QED) is 0.228. The van der Waals surface area contributed by atoms with Gasteiger partial charge >= 0.3 is 0 Å². The maximum absolute atomic E-state index is 13.8. The Labute approximate surface area is 214 Å². The van der Waals surface area contributed by atoms with E-state index in [0.29, 0.717) is 27.2 Å². The highest BCUT2D eigenvalue weighted by atomic mass is 35.5. The van der Waals surface area contributed by atoms with Crippen LogP contribution in [0.15, 0.2) is 61.1 Å². The second-order valence-corrected chi connectivity index (χ2v) is 8.34. The number of nitriles is 1. The zero-order valence-corrected chi connectivity index (χ0v) is 19.5. The Balaban J connectivity index is 1.65. The van der Waals surface area contributed by atoms with Gasteiger partial charge in [0.1, 0.15) is 11.8 Å². The van der Waals surface area contributed by atoms with Gasteiger partial charge in [-0.1, -0.05) is 35.3 Å². The second-order valence-electron chi connectivity index (χ2n) is 7.50. The van der Waals surface area contributed by atoms with Crippen LogP contribution in [0, 0.1) is 23.1 Å². The third kappa shape index (κ3) is 4.62. The summed E-state index contributed by atoms with van der Waals surface area (Å²) >= 11 is 12.6. The highest BCUT2D eigenvalue weighted by molar-refractivity contribution is 6.36. The molecule has 5 aromatic rings. The van der Waals surface area contributed by atoms with Gasteiger partial charge in [-0.2, -0.15) is 25.1 Å². The fourth-order valence-corrected chi connectivity index (χ4v) is 3.95. The number of aromatic amines is 1. The first-order valence-corrected chi connectivity index (χ1v) is 11.0. The van der Waals surface area contributed by atoms with Crippen molar-refractivity contribution in [2.45, 2.75) is 6.02 Å². The monoisotopic (exact) mass is 523 g/mol. The van der Waals surface area contributed by atoms with Gasteiger partial charge in [-0.25, -0.2) is 9.37 Å². The molecule has 0 aliphatic carbocycles. The van der Waals surface area contributed by atoms with Gasteiger partial charge in [-0.3, -0.25) is 4.98 Å². The lowest BCUT2D eigenvalue weighted by atomic mass is 10.0. The lowest BCUT2D eigenvalue weighted by Gasteiger charge is -2.20. The molecule has 0 unspecified atom stereocenters. The molecule has 2 aromatic carbocycles. The average molecular weight is 524 g/mol. The average Bonchev–Trinajstić information content (AvgIpc) is 3.43. The molecular weight excluding hydrogens is 509 g/mol. The number of H-pyrrole nitrogens is 1. The third-order valence-electron chi connectivity index (χ3n) is 5.18. The number of aromatic nitrogens is 5. The van der Waals surface area contributed by atoms with E-state index in [1.54, 1.807) is 36.4 Å². The molecule has 0 spiro atoms.